The van der Waals surface area contributed by atoms with Crippen LogP contribution >= 0.6 is 0 Å². The number of aliphatic imine (C=N–C) groups is 1. The molecule has 0 bridgehead atoms. The molecule has 0 unspecified atom stereocenters. The van der Waals surface area contributed by atoms with Gasteiger partial charge in [0.25, 0.3) is 0 Å². The van der Waals surface area contributed by atoms with E-state index >= 15 is 0 Å². The number of guanidine groups is 1. The van der Waals surface area contributed by atoms with Gasteiger partial charge in [-0.2, -0.15) is 0 Å². The van der Waals surface area contributed by atoms with Crippen LogP contribution in [0.1, 0.15) is 18.5 Å². The molecule has 1 aliphatic rings. The Morgan fingerprint density at radius 1 is 1.33 bits per heavy atom. The number of aryl methyl sites for hydroxylation is 1. The van der Waals surface area contributed by atoms with Gasteiger partial charge in [-0.05, 0) is 31.9 Å². The number of anilines is 1. The van der Waals surface area contributed by atoms with E-state index in [-0.39, 0.29) is 12.4 Å². The Morgan fingerprint density at radius 2 is 2.07 bits per heavy atom. The normalized spacial score (nSPS) is 16.4. The van der Waals surface area contributed by atoms with Crippen LogP contribution in [0.25, 0.3) is 0 Å². The minimum atomic E-state index is -2.97. The second-order valence-corrected chi connectivity index (χ2v) is 9.04. The summed E-state index contributed by atoms with van der Waals surface area (Å²) in [6.07, 6.45) is 3.24. The summed E-state index contributed by atoms with van der Waals surface area (Å²) >= 11 is 0. The third kappa shape index (κ3) is 8.13. The molecule has 8 nitrogen and oxygen atoms in total. The smallest absolute Gasteiger partial charge is 0.191 e. The van der Waals surface area contributed by atoms with Crippen molar-refractivity contribution in [2.75, 3.05) is 56.8 Å². The fourth-order valence-corrected chi connectivity index (χ4v) is 3.32. The second kappa shape index (κ2) is 10.5. The van der Waals surface area contributed by atoms with Crippen molar-refractivity contribution < 1.29 is 13.2 Å². The van der Waals surface area contributed by atoms with Crippen LogP contribution < -0.4 is 15.5 Å². The van der Waals surface area contributed by atoms with E-state index in [2.05, 4.69) is 31.6 Å². The first kappa shape index (κ1) is 21.4. The minimum Gasteiger partial charge on any atom is -0.379 e. The van der Waals surface area contributed by atoms with Gasteiger partial charge in [0, 0.05) is 44.7 Å². The molecule has 0 spiro atoms. The molecule has 27 heavy (non-hydrogen) atoms. The van der Waals surface area contributed by atoms with Crippen molar-refractivity contribution >= 4 is 21.6 Å². The Kier molecular flexibility index (Phi) is 8.30. The number of sulfone groups is 1. The predicted molar refractivity (Wildman–Crippen MR) is 109 cm³/mol. The monoisotopic (exact) mass is 397 g/mol. The van der Waals surface area contributed by atoms with Crippen molar-refractivity contribution in [3.63, 3.8) is 0 Å². The number of hydrogen-bond acceptors (Lipinski definition) is 6. The third-order valence-corrected chi connectivity index (χ3v) is 5.30. The summed E-state index contributed by atoms with van der Waals surface area (Å²) in [5, 5.41) is 6.65. The lowest BCUT2D eigenvalue weighted by Crippen LogP contribution is -2.49. The minimum absolute atomic E-state index is 0.0499. The van der Waals surface area contributed by atoms with Crippen molar-refractivity contribution in [3.05, 3.63) is 23.9 Å². The second-order valence-electron chi connectivity index (χ2n) is 6.78. The van der Waals surface area contributed by atoms with Gasteiger partial charge in [-0.25, -0.2) is 13.4 Å². The average Bonchev–Trinajstić information content (AvgIpc) is 2.63. The fraction of sp³-hybridized carbons (Fsp3) is 0.667. The van der Waals surface area contributed by atoms with E-state index in [1.165, 1.54) is 6.26 Å². The van der Waals surface area contributed by atoms with E-state index in [1.54, 1.807) is 7.05 Å². The van der Waals surface area contributed by atoms with Crippen molar-refractivity contribution in [3.8, 4) is 0 Å². The van der Waals surface area contributed by atoms with Gasteiger partial charge in [-0.1, -0.05) is 6.07 Å². The van der Waals surface area contributed by atoms with Crippen LogP contribution in [0.2, 0.25) is 0 Å². The number of hydrogen-bond donors (Lipinski definition) is 2. The fourth-order valence-electron chi connectivity index (χ4n) is 2.90. The van der Waals surface area contributed by atoms with E-state index < -0.39 is 9.84 Å². The molecule has 2 N–H and O–H groups in total. The molecular formula is C18H31N5O3S. The Morgan fingerprint density at radius 3 is 2.70 bits per heavy atom. The molecule has 2 heterocycles. The molecule has 1 fully saturated rings. The van der Waals surface area contributed by atoms with Gasteiger partial charge >= 0.3 is 0 Å². The first-order chi connectivity index (χ1) is 12.9. The maximum atomic E-state index is 11.0. The molecule has 0 aliphatic carbocycles. The molecule has 9 heteroatoms. The van der Waals surface area contributed by atoms with Gasteiger partial charge in [0.05, 0.1) is 19.0 Å². The number of pyridine rings is 1. The van der Waals surface area contributed by atoms with Gasteiger partial charge < -0.3 is 20.3 Å². The summed E-state index contributed by atoms with van der Waals surface area (Å²) in [7, 11) is -1.23. The lowest BCUT2D eigenvalue weighted by atomic mass is 10.1. The van der Waals surface area contributed by atoms with Crippen LogP contribution in [-0.2, 0) is 14.6 Å². The van der Waals surface area contributed by atoms with Crippen LogP contribution in [0, 0.1) is 6.92 Å². The highest BCUT2D eigenvalue weighted by molar-refractivity contribution is 7.90. The third-order valence-electron chi connectivity index (χ3n) is 4.39. The topological polar surface area (TPSA) is 95.9 Å². The molecule has 2 rings (SSSR count). The number of aromatic nitrogens is 1. The number of piperidine rings is 1. The predicted octanol–water partition coefficient (Wildman–Crippen LogP) is 0.585. The highest BCUT2D eigenvalue weighted by Crippen LogP contribution is 2.18. The zero-order valence-electron chi connectivity index (χ0n) is 16.4. The summed E-state index contributed by atoms with van der Waals surface area (Å²) in [6, 6.07) is 6.48. The van der Waals surface area contributed by atoms with Crippen LogP contribution in [0.3, 0.4) is 0 Å². The Labute approximate surface area is 162 Å². The van der Waals surface area contributed by atoms with Crippen molar-refractivity contribution in [2.24, 2.45) is 4.99 Å². The van der Waals surface area contributed by atoms with E-state index in [0.29, 0.717) is 19.2 Å². The SMILES string of the molecule is CN=C(NCCOCCS(C)(=O)=O)NC1CCN(c2cccc(C)n2)CC1. The van der Waals surface area contributed by atoms with E-state index in [1.807, 2.05) is 19.1 Å². The van der Waals surface area contributed by atoms with Crippen LogP contribution in [0.15, 0.2) is 23.2 Å². The first-order valence-corrected chi connectivity index (χ1v) is 11.3. The highest BCUT2D eigenvalue weighted by atomic mass is 32.2. The van der Waals surface area contributed by atoms with Gasteiger partial charge in [-0.15, -0.1) is 0 Å². The summed E-state index contributed by atoms with van der Waals surface area (Å²) < 4.78 is 27.4. The standard InChI is InChI=1S/C18H31N5O3S/c1-15-5-4-6-17(21-15)23-10-7-16(8-11-23)22-18(19-2)20-9-12-26-13-14-27(3,24)25/h4-6,16H,7-14H2,1-3H3,(H2,19,20,22). The Hall–Kier alpha value is -1.87. The number of ether oxygens (including phenoxy) is 1. The molecule has 0 saturated carbocycles. The number of rotatable bonds is 8. The molecule has 1 saturated heterocycles. The lowest BCUT2D eigenvalue weighted by Gasteiger charge is -2.34. The van der Waals surface area contributed by atoms with E-state index in [4.69, 9.17) is 4.74 Å². The summed E-state index contributed by atoms with van der Waals surface area (Å²) in [4.78, 5) is 11.2. The molecule has 0 radical (unpaired) electrons. The number of nitrogens with zero attached hydrogens (tertiary/aromatic N) is 3. The molecule has 152 valence electrons. The van der Waals surface area contributed by atoms with Crippen LogP contribution in [0.4, 0.5) is 5.82 Å². The molecule has 1 aromatic heterocycles. The van der Waals surface area contributed by atoms with Gasteiger partial charge in [0.15, 0.2) is 5.96 Å². The zero-order valence-corrected chi connectivity index (χ0v) is 17.3. The quantitative estimate of drug-likeness (QED) is 0.376. The molecule has 0 aromatic carbocycles. The van der Waals surface area contributed by atoms with Crippen molar-refractivity contribution in [1.29, 1.82) is 0 Å². The van der Waals surface area contributed by atoms with Gasteiger partial charge in [-0.3, -0.25) is 4.99 Å². The van der Waals surface area contributed by atoms with Crippen molar-refractivity contribution in [1.82, 2.24) is 15.6 Å². The molecule has 0 atom stereocenters. The van der Waals surface area contributed by atoms with Crippen LogP contribution in [0.5, 0.6) is 0 Å². The van der Waals surface area contributed by atoms with Gasteiger partial charge in [0.2, 0.25) is 0 Å². The van der Waals surface area contributed by atoms with E-state index in [0.717, 1.165) is 43.4 Å². The molecule has 0 amide bonds. The van der Waals surface area contributed by atoms with E-state index in [9.17, 15) is 8.42 Å². The maximum absolute atomic E-state index is 11.0. The average molecular weight is 398 g/mol. The number of nitrogens with one attached hydrogen (secondary N) is 2. The van der Waals surface area contributed by atoms with Crippen LogP contribution in [-0.4, -0.2) is 77.3 Å². The lowest BCUT2D eigenvalue weighted by molar-refractivity contribution is 0.154. The summed E-state index contributed by atoms with van der Waals surface area (Å²) in [5.74, 6) is 1.84. The highest BCUT2D eigenvalue weighted by Gasteiger charge is 2.20. The summed E-state index contributed by atoms with van der Waals surface area (Å²) in [6.45, 7) is 5.17. The Bertz CT molecular complexity index is 715. The summed E-state index contributed by atoms with van der Waals surface area (Å²) in [5.41, 5.74) is 1.04. The maximum Gasteiger partial charge on any atom is 0.191 e. The first-order valence-electron chi connectivity index (χ1n) is 9.28. The van der Waals surface area contributed by atoms with Gasteiger partial charge in [0.1, 0.15) is 15.7 Å². The molecule has 1 aromatic rings. The largest absolute Gasteiger partial charge is 0.379 e. The molecular weight excluding hydrogens is 366 g/mol. The Balaban J connectivity index is 1.66. The zero-order chi connectivity index (χ0) is 19.7. The van der Waals surface area contributed by atoms with Crippen molar-refractivity contribution in [2.45, 2.75) is 25.8 Å². The molecule has 1 aliphatic heterocycles.